The van der Waals surface area contributed by atoms with E-state index in [1.165, 1.54) is 18.6 Å². The molecule has 0 amide bonds. The van der Waals surface area contributed by atoms with Crippen molar-refractivity contribution >= 4 is 11.5 Å². The molecule has 19 heavy (non-hydrogen) atoms. The first-order valence-corrected chi connectivity index (χ1v) is 6.81. The smallest absolute Gasteiger partial charge is 0.170 e. The van der Waals surface area contributed by atoms with E-state index in [2.05, 4.69) is 14.9 Å². The third-order valence-electron chi connectivity index (χ3n) is 2.88. The predicted molar refractivity (Wildman–Crippen MR) is 73.1 cm³/mol. The second-order valence-electron chi connectivity index (χ2n) is 4.08. The van der Waals surface area contributed by atoms with Gasteiger partial charge >= 0.3 is 0 Å². The molecule has 6 heteroatoms. The van der Waals surface area contributed by atoms with Crippen LogP contribution in [-0.4, -0.2) is 23.2 Å². The van der Waals surface area contributed by atoms with E-state index in [1.807, 2.05) is 13.8 Å². The molecule has 0 saturated heterocycles. The molecule has 0 spiro atoms. The number of hydrogen-bond donors (Lipinski definition) is 1. The summed E-state index contributed by atoms with van der Waals surface area (Å²) in [6.45, 7) is 4.58. The maximum Gasteiger partial charge on any atom is 0.170 e. The van der Waals surface area contributed by atoms with Gasteiger partial charge in [0.2, 0.25) is 0 Å². The fourth-order valence-corrected chi connectivity index (χ4v) is 2.70. The number of aromatic nitrogens is 2. The number of benzene rings is 1. The van der Waals surface area contributed by atoms with E-state index in [4.69, 9.17) is 4.74 Å². The average Bonchev–Trinajstić information content (AvgIpc) is 2.83. The molecule has 0 fully saturated rings. The minimum Gasteiger partial charge on any atom is -0.494 e. The SMILES string of the molecule is CCNC(c1cccc(OC)c1F)c1snnc1C. The molecule has 1 N–H and O–H groups in total. The Morgan fingerprint density at radius 1 is 1.47 bits per heavy atom. The van der Waals surface area contributed by atoms with Crippen molar-refractivity contribution in [3.8, 4) is 5.75 Å². The largest absolute Gasteiger partial charge is 0.494 e. The van der Waals surface area contributed by atoms with Crippen molar-refractivity contribution in [3.05, 3.63) is 40.2 Å². The van der Waals surface area contributed by atoms with Gasteiger partial charge in [0.15, 0.2) is 11.6 Å². The van der Waals surface area contributed by atoms with Crippen LogP contribution in [0.15, 0.2) is 18.2 Å². The standard InChI is InChI=1S/C13H16FN3OS/c1-4-15-12(13-8(2)16-17-19-13)9-6-5-7-10(18-3)11(9)14/h5-7,12,15H,4H2,1-3H3. The number of ether oxygens (including phenoxy) is 1. The van der Waals surface area contributed by atoms with Crippen LogP contribution in [-0.2, 0) is 0 Å². The number of halogens is 1. The molecule has 0 aliphatic heterocycles. The van der Waals surface area contributed by atoms with Gasteiger partial charge in [0, 0.05) is 5.56 Å². The summed E-state index contributed by atoms with van der Waals surface area (Å²) >= 11 is 1.28. The second-order valence-corrected chi connectivity index (χ2v) is 4.86. The molecule has 1 aromatic heterocycles. The molecule has 4 nitrogen and oxygen atoms in total. The molecule has 1 heterocycles. The lowest BCUT2D eigenvalue weighted by Crippen LogP contribution is -2.23. The van der Waals surface area contributed by atoms with Gasteiger partial charge in [-0.25, -0.2) is 4.39 Å². The normalized spacial score (nSPS) is 12.4. The predicted octanol–water partition coefficient (Wildman–Crippen LogP) is 2.69. The zero-order valence-electron chi connectivity index (χ0n) is 11.1. The van der Waals surface area contributed by atoms with Gasteiger partial charge in [-0.15, -0.1) is 5.10 Å². The molecule has 0 saturated carbocycles. The van der Waals surface area contributed by atoms with E-state index in [1.54, 1.807) is 18.2 Å². The van der Waals surface area contributed by atoms with Crippen molar-refractivity contribution in [1.82, 2.24) is 14.9 Å². The van der Waals surface area contributed by atoms with Crippen LogP contribution in [0.25, 0.3) is 0 Å². The molecular formula is C13H16FN3OS. The summed E-state index contributed by atoms with van der Waals surface area (Å²) in [6.07, 6.45) is 0. The van der Waals surface area contributed by atoms with Crippen LogP contribution in [0.5, 0.6) is 5.75 Å². The van der Waals surface area contributed by atoms with Crippen LogP contribution in [0.4, 0.5) is 4.39 Å². The minimum atomic E-state index is -0.344. The third-order valence-corrected chi connectivity index (χ3v) is 3.77. The van der Waals surface area contributed by atoms with Crippen LogP contribution in [0, 0.1) is 12.7 Å². The highest BCUT2D eigenvalue weighted by molar-refractivity contribution is 7.05. The number of nitrogens with zero attached hydrogens (tertiary/aromatic N) is 2. The summed E-state index contributed by atoms with van der Waals surface area (Å²) in [5.74, 6) is -0.0979. The van der Waals surface area contributed by atoms with Crippen LogP contribution in [0.1, 0.15) is 29.1 Å². The van der Waals surface area contributed by atoms with Gasteiger partial charge in [0.1, 0.15) is 0 Å². The van der Waals surface area contributed by atoms with Gasteiger partial charge in [0.05, 0.1) is 23.7 Å². The van der Waals surface area contributed by atoms with Gasteiger partial charge in [-0.05, 0) is 31.1 Å². The Balaban J connectivity index is 2.48. The molecule has 1 aromatic carbocycles. The van der Waals surface area contributed by atoms with Crippen LogP contribution in [0.3, 0.4) is 0 Å². The fraction of sp³-hybridized carbons (Fsp3) is 0.385. The van der Waals surface area contributed by atoms with Crippen LogP contribution >= 0.6 is 11.5 Å². The third kappa shape index (κ3) is 2.74. The Kier molecular flexibility index (Phi) is 4.44. The number of rotatable bonds is 5. The molecule has 0 aliphatic rings. The Hall–Kier alpha value is -1.53. The van der Waals surface area contributed by atoms with Gasteiger partial charge in [-0.2, -0.15) is 0 Å². The summed E-state index contributed by atoms with van der Waals surface area (Å²) in [6, 6.07) is 4.90. The Labute approximate surface area is 115 Å². The van der Waals surface area contributed by atoms with Gasteiger partial charge in [-0.3, -0.25) is 0 Å². The Bertz CT molecular complexity index is 559. The van der Waals surface area contributed by atoms with Crippen molar-refractivity contribution in [2.75, 3.05) is 13.7 Å². The summed E-state index contributed by atoms with van der Waals surface area (Å²) < 4.78 is 23.3. The summed E-state index contributed by atoms with van der Waals surface area (Å²) in [4.78, 5) is 0.925. The van der Waals surface area contributed by atoms with Gasteiger partial charge < -0.3 is 10.1 Å². The van der Waals surface area contributed by atoms with E-state index < -0.39 is 0 Å². The highest BCUT2D eigenvalue weighted by Crippen LogP contribution is 2.31. The van der Waals surface area contributed by atoms with Crippen LogP contribution in [0.2, 0.25) is 0 Å². The van der Waals surface area contributed by atoms with Crippen molar-refractivity contribution in [1.29, 1.82) is 0 Å². The van der Waals surface area contributed by atoms with Crippen molar-refractivity contribution in [2.45, 2.75) is 19.9 Å². The fourth-order valence-electron chi connectivity index (χ4n) is 1.96. The first-order valence-electron chi connectivity index (χ1n) is 6.03. The van der Waals surface area contributed by atoms with Gasteiger partial charge in [0.25, 0.3) is 0 Å². The second kappa shape index (κ2) is 6.08. The Morgan fingerprint density at radius 3 is 2.84 bits per heavy atom. The number of aryl methyl sites for hydroxylation is 1. The molecule has 2 rings (SSSR count). The topological polar surface area (TPSA) is 47.0 Å². The molecule has 2 aromatic rings. The first-order chi connectivity index (χ1) is 9.19. The summed E-state index contributed by atoms with van der Waals surface area (Å²) in [5, 5.41) is 7.26. The quantitative estimate of drug-likeness (QED) is 0.915. The van der Waals surface area contributed by atoms with E-state index in [0.29, 0.717) is 5.56 Å². The lowest BCUT2D eigenvalue weighted by atomic mass is 10.0. The van der Waals surface area contributed by atoms with E-state index in [9.17, 15) is 4.39 Å². The molecule has 102 valence electrons. The highest BCUT2D eigenvalue weighted by atomic mass is 32.1. The molecule has 1 unspecified atom stereocenters. The van der Waals surface area contributed by atoms with E-state index in [-0.39, 0.29) is 17.6 Å². The van der Waals surface area contributed by atoms with E-state index in [0.717, 1.165) is 17.1 Å². The zero-order valence-corrected chi connectivity index (χ0v) is 11.9. The monoisotopic (exact) mass is 281 g/mol. The lowest BCUT2D eigenvalue weighted by Gasteiger charge is -2.18. The maximum absolute atomic E-state index is 14.4. The van der Waals surface area contributed by atoms with Crippen molar-refractivity contribution < 1.29 is 9.13 Å². The molecule has 0 aliphatic carbocycles. The highest BCUT2D eigenvalue weighted by Gasteiger charge is 2.23. The summed E-state index contributed by atoms with van der Waals surface area (Å²) in [5.41, 5.74) is 1.37. The van der Waals surface area contributed by atoms with Crippen molar-refractivity contribution in [2.24, 2.45) is 0 Å². The zero-order chi connectivity index (χ0) is 13.8. The summed E-state index contributed by atoms with van der Waals surface area (Å²) in [7, 11) is 1.46. The average molecular weight is 281 g/mol. The molecule has 1 atom stereocenters. The number of hydrogen-bond acceptors (Lipinski definition) is 5. The molecule has 0 bridgehead atoms. The van der Waals surface area contributed by atoms with Crippen molar-refractivity contribution in [3.63, 3.8) is 0 Å². The maximum atomic E-state index is 14.4. The Morgan fingerprint density at radius 2 is 2.26 bits per heavy atom. The minimum absolute atomic E-state index is 0.246. The first kappa shape index (κ1) is 13.9. The molecular weight excluding hydrogens is 265 g/mol. The van der Waals surface area contributed by atoms with E-state index >= 15 is 0 Å². The number of nitrogens with one attached hydrogen (secondary N) is 1. The molecule has 0 radical (unpaired) electrons. The van der Waals surface area contributed by atoms with Crippen LogP contribution < -0.4 is 10.1 Å². The number of methoxy groups -OCH3 is 1. The lowest BCUT2D eigenvalue weighted by molar-refractivity contribution is 0.382. The van der Waals surface area contributed by atoms with Gasteiger partial charge in [-0.1, -0.05) is 23.5 Å².